The van der Waals surface area contributed by atoms with Crippen molar-refractivity contribution in [2.45, 2.75) is 18.0 Å². The quantitative estimate of drug-likeness (QED) is 0.555. The number of aryl methyl sites for hydroxylation is 1. The molecule has 4 nitrogen and oxygen atoms in total. The van der Waals surface area contributed by atoms with E-state index in [4.69, 9.17) is 0 Å². The summed E-state index contributed by atoms with van der Waals surface area (Å²) in [5.41, 5.74) is 1.52. The predicted octanol–water partition coefficient (Wildman–Crippen LogP) is 5.11. The maximum absolute atomic E-state index is 13.1. The van der Waals surface area contributed by atoms with E-state index in [-0.39, 0.29) is 16.5 Å². The van der Waals surface area contributed by atoms with Crippen LogP contribution in [0.5, 0.6) is 0 Å². The second-order valence-corrected chi connectivity index (χ2v) is 8.47. The van der Waals surface area contributed by atoms with Gasteiger partial charge in [-0.15, -0.1) is 0 Å². The van der Waals surface area contributed by atoms with Gasteiger partial charge in [-0.2, -0.15) is 13.2 Å². The van der Waals surface area contributed by atoms with Gasteiger partial charge in [0, 0.05) is 6.08 Å². The molecule has 1 amide bonds. The molecule has 31 heavy (non-hydrogen) atoms. The Kier molecular flexibility index (Phi) is 6.31. The van der Waals surface area contributed by atoms with E-state index in [0.29, 0.717) is 0 Å². The van der Waals surface area contributed by atoms with Gasteiger partial charge < -0.3 is 0 Å². The average Bonchev–Trinajstić information content (AvgIpc) is 2.72. The molecule has 0 saturated carbocycles. The molecule has 0 aromatic heterocycles. The normalized spacial score (nSPS) is 12.5. The molecular weight excluding hydrogens is 427 g/mol. The van der Waals surface area contributed by atoms with Crippen molar-refractivity contribution in [2.75, 3.05) is 0 Å². The van der Waals surface area contributed by atoms with Gasteiger partial charge in [0.05, 0.1) is 10.5 Å². The molecule has 160 valence electrons. The molecule has 0 bridgehead atoms. The van der Waals surface area contributed by atoms with E-state index >= 15 is 0 Å². The molecule has 1 N–H and O–H groups in total. The van der Waals surface area contributed by atoms with Crippen LogP contribution in [0.2, 0.25) is 0 Å². The maximum atomic E-state index is 13.1. The fourth-order valence-electron chi connectivity index (χ4n) is 2.87. The van der Waals surface area contributed by atoms with Crippen molar-refractivity contribution in [2.24, 2.45) is 0 Å². The number of carbonyl (C=O) groups excluding carboxylic acids is 1. The smallest absolute Gasteiger partial charge is 0.268 e. The van der Waals surface area contributed by atoms with E-state index in [1.54, 1.807) is 23.8 Å². The zero-order valence-electron chi connectivity index (χ0n) is 16.3. The summed E-state index contributed by atoms with van der Waals surface area (Å²) >= 11 is 0. The molecular formula is C23H18F3NO3S. The largest absolute Gasteiger partial charge is 0.410 e. The summed E-state index contributed by atoms with van der Waals surface area (Å²) in [6, 6.07) is 20.6. The molecule has 0 atom stereocenters. The first-order chi connectivity index (χ1) is 14.5. The number of halogens is 3. The molecule has 0 spiro atoms. The van der Waals surface area contributed by atoms with Crippen LogP contribution in [0.3, 0.4) is 0 Å². The van der Waals surface area contributed by atoms with E-state index in [0.717, 1.165) is 16.7 Å². The Morgan fingerprint density at radius 2 is 1.39 bits per heavy atom. The topological polar surface area (TPSA) is 63.2 Å². The molecule has 0 saturated heterocycles. The molecule has 0 radical (unpaired) electrons. The van der Waals surface area contributed by atoms with Gasteiger partial charge in [0.1, 0.15) is 0 Å². The number of carbonyl (C=O) groups is 1. The second-order valence-electron chi connectivity index (χ2n) is 6.79. The lowest BCUT2D eigenvalue weighted by Crippen LogP contribution is -2.31. The van der Waals surface area contributed by atoms with Crippen molar-refractivity contribution in [1.82, 2.24) is 4.72 Å². The summed E-state index contributed by atoms with van der Waals surface area (Å²) in [5, 5.41) is 0. The van der Waals surface area contributed by atoms with Crippen LogP contribution >= 0.6 is 0 Å². The zero-order chi connectivity index (χ0) is 22.6. The lowest BCUT2D eigenvalue weighted by molar-refractivity contribution is -0.114. The van der Waals surface area contributed by atoms with Crippen LogP contribution in [-0.2, 0) is 14.8 Å². The highest BCUT2D eigenvalue weighted by Crippen LogP contribution is 2.27. The molecule has 3 aromatic rings. The zero-order valence-corrected chi connectivity index (χ0v) is 17.2. The second kappa shape index (κ2) is 8.77. The Hall–Kier alpha value is -3.39. The minimum absolute atomic E-state index is 0.0615. The fraction of sp³-hybridized carbons (Fsp3) is 0.0870. The lowest BCUT2D eigenvalue weighted by atomic mass is 10.00. The summed E-state index contributed by atoms with van der Waals surface area (Å²) in [5.74, 6) is -1.37. The number of rotatable bonds is 5. The molecule has 0 fully saturated rings. The minimum atomic E-state index is -4.82. The van der Waals surface area contributed by atoms with Gasteiger partial charge in [0.2, 0.25) is 0 Å². The summed E-state index contributed by atoms with van der Waals surface area (Å²) in [6.45, 7) is 1.75. The van der Waals surface area contributed by atoms with Crippen molar-refractivity contribution in [3.05, 3.63) is 96.1 Å². The Morgan fingerprint density at radius 1 is 0.839 bits per heavy atom. The van der Waals surface area contributed by atoms with Gasteiger partial charge in [-0.3, -0.25) is 4.79 Å². The number of hydrogen-bond acceptors (Lipinski definition) is 3. The van der Waals surface area contributed by atoms with Crippen LogP contribution in [0.1, 0.15) is 11.1 Å². The molecule has 0 unspecified atom stereocenters. The third-order valence-corrected chi connectivity index (χ3v) is 5.76. The first-order valence-corrected chi connectivity index (χ1v) is 10.6. The van der Waals surface area contributed by atoms with Gasteiger partial charge >= 0.3 is 6.18 Å². The molecule has 3 aromatic carbocycles. The highest BCUT2D eigenvalue weighted by atomic mass is 32.2. The third-order valence-electron chi connectivity index (χ3n) is 4.41. The van der Waals surface area contributed by atoms with Crippen LogP contribution < -0.4 is 4.72 Å². The number of benzene rings is 3. The Labute approximate surface area is 178 Å². The van der Waals surface area contributed by atoms with E-state index < -0.39 is 27.7 Å². The van der Waals surface area contributed by atoms with E-state index in [1.807, 2.05) is 30.3 Å². The Bertz CT molecular complexity index is 1200. The Morgan fingerprint density at radius 3 is 1.94 bits per heavy atom. The number of nitrogens with one attached hydrogen (secondary N) is 1. The summed E-state index contributed by atoms with van der Waals surface area (Å²) in [4.78, 5) is 12.3. The number of sulfonamides is 1. The fourth-order valence-corrected chi connectivity index (χ4v) is 3.84. The van der Waals surface area contributed by atoms with Gasteiger partial charge in [0.15, 0.2) is 0 Å². The monoisotopic (exact) mass is 445 g/mol. The number of alkyl halides is 3. The summed E-state index contributed by atoms with van der Waals surface area (Å²) in [7, 11) is -4.34. The molecule has 0 aliphatic carbocycles. The van der Waals surface area contributed by atoms with E-state index in [1.165, 1.54) is 36.4 Å². The van der Waals surface area contributed by atoms with Gasteiger partial charge in [-0.25, -0.2) is 13.1 Å². The van der Waals surface area contributed by atoms with Crippen molar-refractivity contribution in [3.8, 4) is 11.1 Å². The maximum Gasteiger partial charge on any atom is 0.410 e. The van der Waals surface area contributed by atoms with Gasteiger partial charge in [-0.1, -0.05) is 72.3 Å². The van der Waals surface area contributed by atoms with Crippen LogP contribution in [0.15, 0.2) is 89.8 Å². The standard InChI is InChI=1S/C23H18F3NO3S/c1-16-7-13-20(14-8-16)31(29,30)27-22(28)21(15-23(24,25)26)19-11-9-18(10-12-19)17-5-3-2-4-6-17/h2-15H,1H3,(H,27,28)/b21-15-. The highest BCUT2D eigenvalue weighted by molar-refractivity contribution is 7.90. The summed E-state index contributed by atoms with van der Waals surface area (Å²) < 4.78 is 65.9. The van der Waals surface area contributed by atoms with Gasteiger partial charge in [0.25, 0.3) is 15.9 Å². The van der Waals surface area contributed by atoms with E-state index in [9.17, 15) is 26.4 Å². The first-order valence-electron chi connectivity index (χ1n) is 9.14. The van der Waals surface area contributed by atoms with E-state index in [2.05, 4.69) is 0 Å². The minimum Gasteiger partial charge on any atom is -0.268 e. The predicted molar refractivity (Wildman–Crippen MR) is 112 cm³/mol. The molecule has 0 heterocycles. The number of amides is 1. The Balaban J connectivity index is 1.93. The molecule has 0 aliphatic heterocycles. The highest BCUT2D eigenvalue weighted by Gasteiger charge is 2.29. The number of allylic oxidation sites excluding steroid dienone is 1. The summed E-state index contributed by atoms with van der Waals surface area (Å²) in [6.07, 6.45) is -5.02. The molecule has 8 heteroatoms. The van der Waals surface area contributed by atoms with Crippen LogP contribution in [-0.4, -0.2) is 20.5 Å². The molecule has 3 rings (SSSR count). The third kappa shape index (κ3) is 5.82. The van der Waals surface area contributed by atoms with Crippen molar-refractivity contribution in [1.29, 1.82) is 0 Å². The van der Waals surface area contributed by atoms with Crippen LogP contribution in [0.4, 0.5) is 13.2 Å². The van der Waals surface area contributed by atoms with Crippen molar-refractivity contribution >= 4 is 21.5 Å². The van der Waals surface area contributed by atoms with Crippen LogP contribution in [0.25, 0.3) is 16.7 Å². The molecule has 0 aliphatic rings. The van der Waals surface area contributed by atoms with Crippen LogP contribution in [0, 0.1) is 6.92 Å². The number of hydrogen-bond donors (Lipinski definition) is 1. The van der Waals surface area contributed by atoms with Crippen molar-refractivity contribution < 1.29 is 26.4 Å². The SMILES string of the molecule is Cc1ccc(S(=O)(=O)NC(=O)/C(=C\C(F)(F)F)c2ccc(-c3ccccc3)cc2)cc1. The van der Waals surface area contributed by atoms with Crippen molar-refractivity contribution in [3.63, 3.8) is 0 Å². The van der Waals surface area contributed by atoms with Gasteiger partial charge in [-0.05, 0) is 35.7 Å². The average molecular weight is 445 g/mol. The lowest BCUT2D eigenvalue weighted by Gasteiger charge is -2.12. The first kappa shape index (κ1) is 22.3.